The van der Waals surface area contributed by atoms with Gasteiger partial charge in [-0.1, -0.05) is 0 Å². The molecule has 1 rings (SSSR count). The van der Waals surface area contributed by atoms with Crippen molar-refractivity contribution in [3.63, 3.8) is 0 Å². The van der Waals surface area contributed by atoms with E-state index in [1.54, 1.807) is 11.9 Å². The topological polar surface area (TPSA) is 43.8 Å². The Kier molecular flexibility index (Phi) is 5.05. The highest BCUT2D eigenvalue weighted by molar-refractivity contribution is 5.76. The van der Waals surface area contributed by atoms with Crippen LogP contribution in [0.5, 0.6) is 0 Å². The molecule has 4 heteroatoms. The lowest BCUT2D eigenvalue weighted by molar-refractivity contribution is -0.133. The highest BCUT2D eigenvalue weighted by Crippen LogP contribution is 2.19. The zero-order chi connectivity index (χ0) is 11.3. The Morgan fingerprint density at radius 1 is 1.47 bits per heavy atom. The van der Waals surface area contributed by atoms with Crippen LogP contribution in [0, 0.1) is 5.92 Å². The van der Waals surface area contributed by atoms with Crippen molar-refractivity contribution in [1.29, 1.82) is 0 Å². The first-order chi connectivity index (χ1) is 7.13. The molecule has 4 nitrogen and oxygen atoms in total. The van der Waals surface area contributed by atoms with Crippen LogP contribution in [0.4, 0.5) is 0 Å². The number of aliphatic hydroxyl groups is 1. The van der Waals surface area contributed by atoms with Crippen LogP contribution in [0.2, 0.25) is 0 Å². The van der Waals surface area contributed by atoms with Crippen molar-refractivity contribution in [2.75, 3.05) is 40.3 Å². The molecule has 88 valence electrons. The fourth-order valence-electron chi connectivity index (χ4n) is 1.97. The van der Waals surface area contributed by atoms with Crippen molar-refractivity contribution in [3.05, 3.63) is 0 Å². The van der Waals surface area contributed by atoms with E-state index in [0.717, 1.165) is 18.9 Å². The first kappa shape index (κ1) is 12.5. The van der Waals surface area contributed by atoms with Gasteiger partial charge in [-0.25, -0.2) is 0 Å². The number of amides is 1. The van der Waals surface area contributed by atoms with Crippen LogP contribution < -0.4 is 0 Å². The van der Waals surface area contributed by atoms with E-state index in [1.807, 2.05) is 0 Å². The van der Waals surface area contributed by atoms with E-state index in [0.29, 0.717) is 0 Å². The second-order valence-electron chi connectivity index (χ2n) is 4.51. The minimum Gasteiger partial charge on any atom is -0.387 e. The molecule has 1 amide bonds. The number of carbonyl (C=O) groups excluding carboxylic acids is 1. The molecule has 0 aromatic rings. The molecular formula is C11H22N2O2. The third kappa shape index (κ3) is 4.18. The second-order valence-corrected chi connectivity index (χ2v) is 4.51. The van der Waals surface area contributed by atoms with E-state index in [-0.39, 0.29) is 12.5 Å². The highest BCUT2D eigenvalue weighted by Gasteiger charge is 2.17. The Labute approximate surface area is 91.9 Å². The van der Waals surface area contributed by atoms with E-state index < -0.39 is 0 Å². The van der Waals surface area contributed by atoms with Gasteiger partial charge >= 0.3 is 0 Å². The maximum atomic E-state index is 11.1. The minimum absolute atomic E-state index is 0.178. The summed E-state index contributed by atoms with van der Waals surface area (Å²) in [5, 5.41) is 8.68. The maximum Gasteiger partial charge on any atom is 0.248 e. The molecule has 1 aliphatic rings. The van der Waals surface area contributed by atoms with Gasteiger partial charge in [-0.3, -0.25) is 4.79 Å². The lowest BCUT2D eigenvalue weighted by Crippen LogP contribution is -2.34. The first-order valence-corrected chi connectivity index (χ1v) is 5.67. The Hall–Kier alpha value is -0.610. The molecule has 1 saturated heterocycles. The largest absolute Gasteiger partial charge is 0.387 e. The molecule has 0 atom stereocenters. The summed E-state index contributed by atoms with van der Waals surface area (Å²) in [5.41, 5.74) is 0. The first-order valence-electron chi connectivity index (χ1n) is 5.67. The van der Waals surface area contributed by atoms with Crippen molar-refractivity contribution < 1.29 is 9.90 Å². The quantitative estimate of drug-likeness (QED) is 0.725. The van der Waals surface area contributed by atoms with Crippen LogP contribution in [0.3, 0.4) is 0 Å². The predicted octanol–water partition coefficient (Wildman–Crippen LogP) is 0.169. The number of aliphatic hydroxyl groups excluding tert-OH is 1. The molecule has 0 saturated carbocycles. The van der Waals surface area contributed by atoms with E-state index in [9.17, 15) is 4.79 Å². The molecule has 1 fully saturated rings. The second kappa shape index (κ2) is 6.08. The number of nitrogens with zero attached hydrogens (tertiary/aromatic N) is 2. The summed E-state index contributed by atoms with van der Waals surface area (Å²) in [5.74, 6) is 0.568. The predicted molar refractivity (Wildman–Crippen MR) is 59.6 cm³/mol. The van der Waals surface area contributed by atoms with Crippen molar-refractivity contribution in [1.82, 2.24) is 9.80 Å². The Balaban J connectivity index is 2.17. The van der Waals surface area contributed by atoms with Crippen molar-refractivity contribution in [3.8, 4) is 0 Å². The minimum atomic E-state index is -0.371. The van der Waals surface area contributed by atoms with Gasteiger partial charge in [-0.2, -0.15) is 0 Å². The normalized spacial score (nSPS) is 19.1. The number of piperidine rings is 1. The van der Waals surface area contributed by atoms with Crippen molar-refractivity contribution in [2.45, 2.75) is 19.3 Å². The van der Waals surface area contributed by atoms with Gasteiger partial charge in [0.15, 0.2) is 0 Å². The number of likely N-dealkylation sites (tertiary alicyclic amines) is 1. The molecule has 0 spiro atoms. The summed E-state index contributed by atoms with van der Waals surface area (Å²) in [6.07, 6.45) is 3.53. The monoisotopic (exact) mass is 214 g/mol. The number of hydrogen-bond acceptors (Lipinski definition) is 3. The summed E-state index contributed by atoms with van der Waals surface area (Å²) >= 11 is 0. The molecule has 0 aromatic heterocycles. The van der Waals surface area contributed by atoms with Crippen LogP contribution >= 0.6 is 0 Å². The smallest absolute Gasteiger partial charge is 0.248 e. The third-order valence-corrected chi connectivity index (χ3v) is 3.27. The lowest BCUT2D eigenvalue weighted by atomic mass is 9.94. The zero-order valence-corrected chi connectivity index (χ0v) is 9.78. The Morgan fingerprint density at radius 2 is 2.07 bits per heavy atom. The van der Waals surface area contributed by atoms with Gasteiger partial charge in [-0.05, 0) is 45.3 Å². The van der Waals surface area contributed by atoms with Gasteiger partial charge in [0.1, 0.15) is 6.61 Å². The van der Waals surface area contributed by atoms with Gasteiger partial charge in [0.2, 0.25) is 5.91 Å². The van der Waals surface area contributed by atoms with Crippen LogP contribution in [0.1, 0.15) is 19.3 Å². The molecule has 0 aromatic carbocycles. The van der Waals surface area contributed by atoms with Gasteiger partial charge in [0.25, 0.3) is 0 Å². The molecule has 15 heavy (non-hydrogen) atoms. The fraction of sp³-hybridized carbons (Fsp3) is 0.909. The van der Waals surface area contributed by atoms with Gasteiger partial charge < -0.3 is 14.9 Å². The summed E-state index contributed by atoms with van der Waals surface area (Å²) in [4.78, 5) is 15.1. The van der Waals surface area contributed by atoms with E-state index >= 15 is 0 Å². The van der Waals surface area contributed by atoms with Crippen LogP contribution in [0.25, 0.3) is 0 Å². The SMILES string of the molecule is CN1CCC(CCN(C)C(=O)CO)CC1. The molecule has 0 unspecified atom stereocenters. The van der Waals surface area contributed by atoms with Crippen molar-refractivity contribution in [2.24, 2.45) is 5.92 Å². The standard InChI is InChI=1S/C11H22N2O2/c1-12-6-3-10(4-7-12)5-8-13(2)11(15)9-14/h10,14H,3-9H2,1-2H3. The number of likely N-dealkylation sites (N-methyl/N-ethyl adjacent to an activating group) is 1. The summed E-state index contributed by atoms with van der Waals surface area (Å²) < 4.78 is 0. The van der Waals surface area contributed by atoms with E-state index in [1.165, 1.54) is 25.9 Å². The van der Waals surface area contributed by atoms with Crippen molar-refractivity contribution >= 4 is 5.91 Å². The lowest BCUT2D eigenvalue weighted by Gasteiger charge is -2.30. The number of rotatable bonds is 4. The number of hydrogen-bond donors (Lipinski definition) is 1. The molecule has 1 aliphatic heterocycles. The average molecular weight is 214 g/mol. The highest BCUT2D eigenvalue weighted by atomic mass is 16.3. The molecular weight excluding hydrogens is 192 g/mol. The van der Waals surface area contributed by atoms with Crippen LogP contribution in [0.15, 0.2) is 0 Å². The van der Waals surface area contributed by atoms with Crippen LogP contribution in [-0.4, -0.2) is 61.2 Å². The Morgan fingerprint density at radius 3 is 2.60 bits per heavy atom. The zero-order valence-electron chi connectivity index (χ0n) is 9.78. The summed E-state index contributed by atoms with van der Waals surface area (Å²) in [7, 11) is 3.91. The maximum absolute atomic E-state index is 11.1. The van der Waals surface area contributed by atoms with Gasteiger partial charge in [0.05, 0.1) is 0 Å². The average Bonchev–Trinajstić information content (AvgIpc) is 2.26. The molecule has 0 radical (unpaired) electrons. The van der Waals surface area contributed by atoms with Gasteiger partial charge in [0, 0.05) is 13.6 Å². The Bertz CT molecular complexity index is 201. The molecule has 0 aliphatic carbocycles. The van der Waals surface area contributed by atoms with Gasteiger partial charge in [-0.15, -0.1) is 0 Å². The van der Waals surface area contributed by atoms with E-state index in [4.69, 9.17) is 5.11 Å². The third-order valence-electron chi connectivity index (χ3n) is 3.27. The fourth-order valence-corrected chi connectivity index (χ4v) is 1.97. The summed E-state index contributed by atoms with van der Waals surface area (Å²) in [6, 6.07) is 0. The molecule has 1 heterocycles. The molecule has 0 bridgehead atoms. The van der Waals surface area contributed by atoms with Crippen LogP contribution in [-0.2, 0) is 4.79 Å². The molecule has 1 N–H and O–H groups in total. The summed E-state index contributed by atoms with van der Waals surface area (Å²) in [6.45, 7) is 2.74. The number of carbonyl (C=O) groups is 1. The van der Waals surface area contributed by atoms with E-state index in [2.05, 4.69) is 11.9 Å².